The molecule has 3 aromatic rings. The maximum absolute atomic E-state index is 12.9. The van der Waals surface area contributed by atoms with Crippen LogP contribution in [-0.4, -0.2) is 53.5 Å². The number of ether oxygens (including phenoxy) is 1. The molecule has 1 amide bonds. The summed E-state index contributed by atoms with van der Waals surface area (Å²) in [6.45, 7) is 10.8. The van der Waals surface area contributed by atoms with Gasteiger partial charge in [-0.25, -0.2) is 4.98 Å². The largest absolute Gasteiger partial charge is 0.381 e. The van der Waals surface area contributed by atoms with Crippen molar-refractivity contribution in [2.24, 2.45) is 11.3 Å². The number of hydrogen-bond donors (Lipinski definition) is 1. The molecule has 1 aliphatic rings. The first-order chi connectivity index (χ1) is 14.3. The van der Waals surface area contributed by atoms with Crippen molar-refractivity contribution in [2.45, 2.75) is 40.2 Å². The van der Waals surface area contributed by atoms with Gasteiger partial charge in [0, 0.05) is 39.5 Å². The highest BCUT2D eigenvalue weighted by Crippen LogP contribution is 2.26. The molecule has 1 N–H and O–H groups in total. The van der Waals surface area contributed by atoms with Gasteiger partial charge in [-0.1, -0.05) is 38.2 Å². The zero-order valence-corrected chi connectivity index (χ0v) is 19.2. The Morgan fingerprint density at radius 3 is 2.83 bits per heavy atom. The van der Waals surface area contributed by atoms with Crippen LogP contribution >= 0.6 is 11.3 Å². The van der Waals surface area contributed by atoms with Gasteiger partial charge in [0.15, 0.2) is 4.96 Å². The Bertz CT molecular complexity index is 1030. The van der Waals surface area contributed by atoms with Crippen LogP contribution in [0.4, 0.5) is 0 Å². The van der Waals surface area contributed by atoms with Gasteiger partial charge < -0.3 is 15.0 Å². The van der Waals surface area contributed by atoms with E-state index in [4.69, 9.17) is 9.72 Å². The van der Waals surface area contributed by atoms with Crippen molar-refractivity contribution in [1.29, 1.82) is 0 Å². The smallest absolute Gasteiger partial charge is 0.265 e. The molecule has 1 fully saturated rings. The summed E-state index contributed by atoms with van der Waals surface area (Å²) in [5.74, 6) is 0.766. The number of benzene rings is 1. The molecule has 0 bridgehead atoms. The molecule has 1 aromatic carbocycles. The lowest BCUT2D eigenvalue weighted by atomic mass is 9.96. The third-order valence-electron chi connectivity index (χ3n) is 5.54. The summed E-state index contributed by atoms with van der Waals surface area (Å²) < 4.78 is 7.49. The summed E-state index contributed by atoms with van der Waals surface area (Å²) in [4.78, 5) is 21.0. The maximum atomic E-state index is 12.9. The molecule has 6 nitrogen and oxygen atoms in total. The first kappa shape index (κ1) is 21.3. The van der Waals surface area contributed by atoms with Gasteiger partial charge in [-0.05, 0) is 48.4 Å². The fraction of sp³-hybridized carbons (Fsp3) is 0.565. The molecule has 162 valence electrons. The van der Waals surface area contributed by atoms with E-state index in [1.54, 1.807) is 4.90 Å². The Morgan fingerprint density at radius 1 is 1.33 bits per heavy atom. The molecule has 4 rings (SSSR count). The first-order valence-electron chi connectivity index (χ1n) is 10.7. The Hall–Kier alpha value is -1.96. The van der Waals surface area contributed by atoms with E-state index in [1.807, 2.05) is 13.2 Å². The second-order valence-corrected chi connectivity index (χ2v) is 10.6. The summed E-state index contributed by atoms with van der Waals surface area (Å²) in [7, 11) is 1.87. The van der Waals surface area contributed by atoms with Crippen molar-refractivity contribution in [3.05, 3.63) is 34.8 Å². The second-order valence-electron chi connectivity index (χ2n) is 9.59. The number of amides is 1. The molecule has 0 saturated carbocycles. The van der Waals surface area contributed by atoms with Gasteiger partial charge in [-0.2, -0.15) is 0 Å². The van der Waals surface area contributed by atoms with E-state index in [1.165, 1.54) is 16.9 Å². The number of nitrogens with one attached hydrogen (secondary N) is 1. The molecule has 2 aromatic heterocycles. The highest BCUT2D eigenvalue weighted by Gasteiger charge is 2.22. The van der Waals surface area contributed by atoms with Crippen LogP contribution in [-0.2, 0) is 11.3 Å². The zero-order chi connectivity index (χ0) is 21.3. The highest BCUT2D eigenvalue weighted by molar-refractivity contribution is 7.18. The van der Waals surface area contributed by atoms with E-state index in [9.17, 15) is 4.79 Å². The molecule has 30 heavy (non-hydrogen) atoms. The summed E-state index contributed by atoms with van der Waals surface area (Å²) in [6.07, 6.45) is 4.23. The molecule has 0 unspecified atom stereocenters. The number of aromatic nitrogens is 2. The Labute approximate surface area is 182 Å². The van der Waals surface area contributed by atoms with Gasteiger partial charge in [0.25, 0.3) is 5.91 Å². The average molecular weight is 429 g/mol. The number of hydrogen-bond acceptors (Lipinski definition) is 5. The predicted octanol–water partition coefficient (Wildman–Crippen LogP) is 4.18. The van der Waals surface area contributed by atoms with E-state index in [2.05, 4.69) is 48.7 Å². The van der Waals surface area contributed by atoms with Crippen LogP contribution in [0.1, 0.15) is 48.8 Å². The number of imidazole rings is 1. The van der Waals surface area contributed by atoms with Gasteiger partial charge >= 0.3 is 0 Å². The molecule has 1 aliphatic heterocycles. The molecule has 1 saturated heterocycles. The monoisotopic (exact) mass is 428 g/mol. The molecule has 0 radical (unpaired) electrons. The van der Waals surface area contributed by atoms with Gasteiger partial charge in [-0.15, -0.1) is 0 Å². The molecule has 0 aliphatic carbocycles. The van der Waals surface area contributed by atoms with Crippen LogP contribution in [0.2, 0.25) is 0 Å². The van der Waals surface area contributed by atoms with Crippen LogP contribution in [0, 0.1) is 11.3 Å². The molecule has 7 heteroatoms. The van der Waals surface area contributed by atoms with E-state index in [-0.39, 0.29) is 11.3 Å². The van der Waals surface area contributed by atoms with E-state index < -0.39 is 0 Å². The molecule has 3 heterocycles. The number of thiazole rings is 1. The van der Waals surface area contributed by atoms with Crippen LogP contribution in [0.15, 0.2) is 24.4 Å². The number of rotatable bonds is 6. The summed E-state index contributed by atoms with van der Waals surface area (Å²) >= 11 is 1.46. The van der Waals surface area contributed by atoms with Crippen molar-refractivity contribution in [3.63, 3.8) is 0 Å². The zero-order valence-electron chi connectivity index (χ0n) is 18.4. The second kappa shape index (κ2) is 8.65. The van der Waals surface area contributed by atoms with Crippen LogP contribution in [0.25, 0.3) is 16.0 Å². The van der Waals surface area contributed by atoms with Gasteiger partial charge in [0.05, 0.1) is 11.0 Å². The molecular weight excluding hydrogens is 396 g/mol. The SMILES string of the molecule is CN(CC(C)(C)C)C(=O)c1cn2c(nc3ccc(CNCC4CCOCC4)cc32)s1. The summed E-state index contributed by atoms with van der Waals surface area (Å²) in [6, 6.07) is 6.40. The highest BCUT2D eigenvalue weighted by atomic mass is 32.1. The fourth-order valence-corrected chi connectivity index (χ4v) is 5.10. The molecule has 0 atom stereocenters. The summed E-state index contributed by atoms with van der Waals surface area (Å²) in [5, 5.41) is 3.59. The topological polar surface area (TPSA) is 58.9 Å². The quantitative estimate of drug-likeness (QED) is 0.640. The normalized spacial score (nSPS) is 15.9. The number of fused-ring (bicyclic) bond motifs is 3. The minimum absolute atomic E-state index is 0.0582. The average Bonchev–Trinajstić information content (AvgIpc) is 3.25. The molecular formula is C23H32N4O2S. The Balaban J connectivity index is 1.48. The number of carbonyl (C=O) groups excluding carboxylic acids is 1. The predicted molar refractivity (Wildman–Crippen MR) is 122 cm³/mol. The lowest BCUT2D eigenvalue weighted by Gasteiger charge is -2.26. The first-order valence-corrected chi connectivity index (χ1v) is 11.6. The lowest BCUT2D eigenvalue weighted by molar-refractivity contribution is 0.0662. The van der Waals surface area contributed by atoms with E-state index in [0.717, 1.165) is 66.6 Å². The Morgan fingerprint density at radius 2 is 2.10 bits per heavy atom. The van der Waals surface area contributed by atoms with Gasteiger partial charge in [0.2, 0.25) is 0 Å². The van der Waals surface area contributed by atoms with Crippen molar-refractivity contribution < 1.29 is 9.53 Å². The van der Waals surface area contributed by atoms with Crippen LogP contribution in [0.5, 0.6) is 0 Å². The van der Waals surface area contributed by atoms with E-state index in [0.29, 0.717) is 5.92 Å². The van der Waals surface area contributed by atoms with Crippen LogP contribution in [0.3, 0.4) is 0 Å². The van der Waals surface area contributed by atoms with Crippen molar-refractivity contribution >= 4 is 33.2 Å². The van der Waals surface area contributed by atoms with Crippen molar-refractivity contribution in [3.8, 4) is 0 Å². The third-order valence-corrected chi connectivity index (χ3v) is 6.51. The summed E-state index contributed by atoms with van der Waals surface area (Å²) in [5.41, 5.74) is 3.34. The Kier molecular flexibility index (Phi) is 6.14. The van der Waals surface area contributed by atoms with Gasteiger partial charge in [0.1, 0.15) is 4.88 Å². The van der Waals surface area contributed by atoms with Gasteiger partial charge in [-0.3, -0.25) is 9.20 Å². The standard InChI is InChI=1S/C23H32N4O2S/c1-23(2,3)15-26(4)21(28)20-14-27-19-11-17(5-6-18(19)25-22(27)30-20)13-24-12-16-7-9-29-10-8-16/h5-6,11,14,16,24H,7-10,12-13,15H2,1-4H3. The number of carbonyl (C=O) groups is 1. The third kappa shape index (κ3) is 4.85. The number of nitrogens with zero attached hydrogens (tertiary/aromatic N) is 3. The van der Waals surface area contributed by atoms with Crippen LogP contribution < -0.4 is 5.32 Å². The fourth-order valence-electron chi connectivity index (χ4n) is 4.11. The molecule has 0 spiro atoms. The maximum Gasteiger partial charge on any atom is 0.265 e. The minimum Gasteiger partial charge on any atom is -0.381 e. The lowest BCUT2D eigenvalue weighted by Crippen LogP contribution is -2.34. The minimum atomic E-state index is 0.0582. The van der Waals surface area contributed by atoms with E-state index >= 15 is 0 Å². The van der Waals surface area contributed by atoms with Crippen molar-refractivity contribution in [2.75, 3.05) is 33.4 Å². The van der Waals surface area contributed by atoms with Crippen molar-refractivity contribution in [1.82, 2.24) is 19.6 Å².